The summed E-state index contributed by atoms with van der Waals surface area (Å²) in [6.07, 6.45) is 0. The quantitative estimate of drug-likeness (QED) is 0.676. The summed E-state index contributed by atoms with van der Waals surface area (Å²) < 4.78 is -1.78. The molecule has 7 heteroatoms. The van der Waals surface area contributed by atoms with E-state index in [9.17, 15) is 4.79 Å². The van der Waals surface area contributed by atoms with Gasteiger partial charge in [0.25, 0.3) is 0 Å². The minimum Gasteiger partial charge on any atom is -0.383 e. The van der Waals surface area contributed by atoms with Crippen LogP contribution in [0.15, 0.2) is 30.3 Å². The fourth-order valence-electron chi connectivity index (χ4n) is 1.74. The van der Waals surface area contributed by atoms with Gasteiger partial charge in [0.05, 0.1) is 11.3 Å². The number of nitrogens with zero attached hydrogens (tertiary/aromatic N) is 2. The lowest BCUT2D eigenvalue weighted by atomic mass is 10.0. The minimum atomic E-state index is -1.78. The topological polar surface area (TPSA) is 68.9 Å². The number of hydrogen-bond donors (Lipinski definition) is 1. The zero-order valence-electron chi connectivity index (χ0n) is 10.4. The Hall–Kier alpha value is -1.36. The molecule has 0 unspecified atom stereocenters. The highest BCUT2D eigenvalue weighted by molar-refractivity contribution is 6.66. The van der Waals surface area contributed by atoms with Gasteiger partial charge in [0.15, 0.2) is 11.6 Å². The summed E-state index contributed by atoms with van der Waals surface area (Å²) >= 11 is 17.2. The van der Waals surface area contributed by atoms with Crippen molar-refractivity contribution in [3.8, 4) is 0 Å². The summed E-state index contributed by atoms with van der Waals surface area (Å²) in [6.45, 7) is 1.62. The van der Waals surface area contributed by atoms with Crippen LogP contribution >= 0.6 is 34.8 Å². The molecule has 0 fully saturated rings. The Morgan fingerprint density at radius 2 is 1.75 bits per heavy atom. The van der Waals surface area contributed by atoms with Crippen molar-refractivity contribution in [2.75, 3.05) is 5.73 Å². The molecule has 0 aliphatic rings. The van der Waals surface area contributed by atoms with Crippen molar-refractivity contribution in [2.24, 2.45) is 0 Å². The predicted molar refractivity (Wildman–Crippen MR) is 80.3 cm³/mol. The number of aryl methyl sites for hydroxylation is 1. The Kier molecular flexibility index (Phi) is 4.18. The van der Waals surface area contributed by atoms with Gasteiger partial charge in [-0.05, 0) is 6.92 Å². The van der Waals surface area contributed by atoms with Crippen LogP contribution in [0.2, 0.25) is 0 Å². The van der Waals surface area contributed by atoms with Gasteiger partial charge in [-0.1, -0.05) is 65.1 Å². The van der Waals surface area contributed by atoms with Crippen LogP contribution in [0.1, 0.15) is 27.4 Å². The molecule has 104 valence electrons. The van der Waals surface area contributed by atoms with E-state index in [2.05, 4.69) is 9.97 Å². The summed E-state index contributed by atoms with van der Waals surface area (Å²) in [6, 6.07) is 8.70. The second kappa shape index (κ2) is 5.56. The zero-order valence-corrected chi connectivity index (χ0v) is 12.7. The molecule has 0 saturated heterocycles. The minimum absolute atomic E-state index is 0.00678. The Morgan fingerprint density at radius 3 is 2.25 bits per heavy atom. The molecule has 20 heavy (non-hydrogen) atoms. The molecule has 0 saturated carbocycles. The van der Waals surface area contributed by atoms with Crippen LogP contribution in [-0.2, 0) is 3.79 Å². The molecule has 2 aromatic rings. The van der Waals surface area contributed by atoms with E-state index in [4.69, 9.17) is 40.5 Å². The maximum absolute atomic E-state index is 12.4. The van der Waals surface area contributed by atoms with Gasteiger partial charge in [0.1, 0.15) is 5.82 Å². The first-order chi connectivity index (χ1) is 9.30. The van der Waals surface area contributed by atoms with Crippen molar-refractivity contribution < 1.29 is 4.79 Å². The summed E-state index contributed by atoms with van der Waals surface area (Å²) in [5.74, 6) is -0.328. The van der Waals surface area contributed by atoms with E-state index in [0.29, 0.717) is 11.3 Å². The van der Waals surface area contributed by atoms with Gasteiger partial charge >= 0.3 is 0 Å². The van der Waals surface area contributed by atoms with Crippen molar-refractivity contribution >= 4 is 46.4 Å². The number of rotatable bonds is 2. The number of halogens is 3. The molecule has 0 radical (unpaired) electrons. The van der Waals surface area contributed by atoms with Crippen LogP contribution in [0.3, 0.4) is 0 Å². The van der Waals surface area contributed by atoms with Crippen LogP contribution in [0.25, 0.3) is 0 Å². The van der Waals surface area contributed by atoms with E-state index in [-0.39, 0.29) is 23.0 Å². The lowest BCUT2D eigenvalue weighted by Crippen LogP contribution is -2.16. The molecule has 2 N–H and O–H groups in total. The summed E-state index contributed by atoms with van der Waals surface area (Å²) in [5, 5.41) is 0. The van der Waals surface area contributed by atoms with Crippen LogP contribution in [0.5, 0.6) is 0 Å². The van der Waals surface area contributed by atoms with Gasteiger partial charge < -0.3 is 5.73 Å². The maximum Gasteiger partial charge on any atom is 0.250 e. The molecular weight excluding hydrogens is 321 g/mol. The highest BCUT2D eigenvalue weighted by Gasteiger charge is 2.29. The van der Waals surface area contributed by atoms with Crippen molar-refractivity contribution in [1.82, 2.24) is 9.97 Å². The van der Waals surface area contributed by atoms with Gasteiger partial charge in [-0.25, -0.2) is 9.97 Å². The van der Waals surface area contributed by atoms with Crippen LogP contribution < -0.4 is 5.73 Å². The number of anilines is 1. The second-order valence-electron chi connectivity index (χ2n) is 4.09. The van der Waals surface area contributed by atoms with Gasteiger partial charge in [0.2, 0.25) is 3.79 Å². The third-order valence-corrected chi connectivity index (χ3v) is 3.14. The fourth-order valence-corrected chi connectivity index (χ4v) is 1.99. The van der Waals surface area contributed by atoms with Crippen molar-refractivity contribution in [1.29, 1.82) is 0 Å². The van der Waals surface area contributed by atoms with Crippen LogP contribution in [-0.4, -0.2) is 15.8 Å². The lowest BCUT2D eigenvalue weighted by molar-refractivity contribution is 0.103. The molecule has 0 aliphatic carbocycles. The van der Waals surface area contributed by atoms with Gasteiger partial charge in [-0.3, -0.25) is 4.79 Å². The highest BCUT2D eigenvalue weighted by atomic mass is 35.6. The number of carbonyl (C=O) groups excluding carboxylic acids is 1. The Balaban J connectivity index is 2.52. The molecule has 0 atom stereocenters. The number of carbonyl (C=O) groups is 1. The van der Waals surface area contributed by atoms with Gasteiger partial charge in [0, 0.05) is 5.56 Å². The van der Waals surface area contributed by atoms with E-state index in [1.807, 2.05) is 6.07 Å². The van der Waals surface area contributed by atoms with E-state index < -0.39 is 3.79 Å². The Morgan fingerprint density at radius 1 is 1.15 bits per heavy atom. The number of nitrogens with two attached hydrogens (primary N) is 1. The molecule has 4 nitrogen and oxygen atoms in total. The second-order valence-corrected chi connectivity index (χ2v) is 6.37. The third-order valence-electron chi connectivity index (χ3n) is 2.63. The van der Waals surface area contributed by atoms with E-state index in [1.54, 1.807) is 31.2 Å². The number of benzene rings is 1. The molecule has 1 aromatic carbocycles. The number of nitrogen functional groups attached to an aromatic ring is 1. The number of alkyl halides is 3. The predicted octanol–water partition coefficient (Wildman–Crippen LogP) is 3.42. The molecular formula is C13H10Cl3N3O. The largest absolute Gasteiger partial charge is 0.383 e. The first kappa shape index (κ1) is 15.0. The van der Waals surface area contributed by atoms with E-state index in [1.165, 1.54) is 0 Å². The van der Waals surface area contributed by atoms with Crippen molar-refractivity contribution in [3.05, 3.63) is 53.0 Å². The fraction of sp³-hybridized carbons (Fsp3) is 0.154. The molecule has 2 rings (SSSR count). The first-order valence-electron chi connectivity index (χ1n) is 5.61. The lowest BCUT2D eigenvalue weighted by Gasteiger charge is -2.13. The Labute approximate surface area is 130 Å². The average molecular weight is 331 g/mol. The van der Waals surface area contributed by atoms with Crippen molar-refractivity contribution in [2.45, 2.75) is 10.7 Å². The summed E-state index contributed by atoms with van der Waals surface area (Å²) in [4.78, 5) is 20.3. The Bertz CT molecular complexity index is 631. The smallest absolute Gasteiger partial charge is 0.250 e. The van der Waals surface area contributed by atoms with Crippen LogP contribution in [0.4, 0.5) is 5.82 Å². The van der Waals surface area contributed by atoms with E-state index >= 15 is 0 Å². The van der Waals surface area contributed by atoms with E-state index in [0.717, 1.165) is 0 Å². The van der Waals surface area contributed by atoms with Gasteiger partial charge in [-0.2, -0.15) is 0 Å². The average Bonchev–Trinajstić information content (AvgIpc) is 2.37. The molecule has 0 bridgehead atoms. The van der Waals surface area contributed by atoms with Crippen molar-refractivity contribution in [3.63, 3.8) is 0 Å². The standard InChI is InChI=1S/C13H10Cl3N3O/c1-7-9(10(20)8-5-3-2-4-6-8)11(17)19-12(18-7)13(14,15)16/h2-6H,1H3,(H2,17,18,19). The maximum atomic E-state index is 12.4. The molecule has 1 aromatic heterocycles. The number of hydrogen-bond acceptors (Lipinski definition) is 4. The third kappa shape index (κ3) is 3.03. The molecule has 0 amide bonds. The zero-order chi connectivity index (χ0) is 14.9. The normalized spacial score (nSPS) is 11.4. The van der Waals surface area contributed by atoms with Gasteiger partial charge in [-0.15, -0.1) is 0 Å². The van der Waals surface area contributed by atoms with Crippen LogP contribution in [0, 0.1) is 6.92 Å². The first-order valence-corrected chi connectivity index (χ1v) is 6.75. The SMILES string of the molecule is Cc1nc(C(Cl)(Cl)Cl)nc(N)c1C(=O)c1ccccc1. The number of ketones is 1. The molecule has 0 aliphatic heterocycles. The monoisotopic (exact) mass is 329 g/mol. The molecule has 1 heterocycles. The number of aromatic nitrogens is 2. The highest BCUT2D eigenvalue weighted by Crippen LogP contribution is 2.36. The summed E-state index contributed by atoms with van der Waals surface area (Å²) in [5.41, 5.74) is 6.89. The summed E-state index contributed by atoms with van der Waals surface area (Å²) in [7, 11) is 0. The molecule has 0 spiro atoms.